The smallest absolute Gasteiger partial charge is 0.253 e. The Bertz CT molecular complexity index is 436. The van der Waals surface area contributed by atoms with Crippen LogP contribution in [0, 0.1) is 5.92 Å². The summed E-state index contributed by atoms with van der Waals surface area (Å²) in [4.78, 5) is 16.0. The molecule has 0 aromatic heterocycles. The first kappa shape index (κ1) is 13.9. The number of anilines is 1. The van der Waals surface area contributed by atoms with Gasteiger partial charge in [0.15, 0.2) is 0 Å². The van der Waals surface area contributed by atoms with Crippen LogP contribution in [0.3, 0.4) is 0 Å². The highest BCUT2D eigenvalue weighted by Crippen LogP contribution is 2.28. The molecule has 2 rings (SSSR count). The maximum Gasteiger partial charge on any atom is 0.253 e. The first-order chi connectivity index (χ1) is 8.97. The third kappa shape index (κ3) is 3.26. The summed E-state index contributed by atoms with van der Waals surface area (Å²) in [5, 5.41) is 9.26. The molecule has 0 unspecified atom stereocenters. The fourth-order valence-corrected chi connectivity index (χ4v) is 2.44. The highest BCUT2D eigenvalue weighted by molar-refractivity contribution is 5.94. The van der Waals surface area contributed by atoms with Crippen LogP contribution in [0.1, 0.15) is 23.2 Å². The Morgan fingerprint density at radius 3 is 2.26 bits per heavy atom. The average Bonchev–Trinajstić information content (AvgIpc) is 2.36. The molecule has 1 saturated carbocycles. The van der Waals surface area contributed by atoms with E-state index in [9.17, 15) is 9.90 Å². The largest absolute Gasteiger partial charge is 0.393 e. The van der Waals surface area contributed by atoms with E-state index < -0.39 is 0 Å². The van der Waals surface area contributed by atoms with Crippen LogP contribution in [0.25, 0.3) is 0 Å². The summed E-state index contributed by atoms with van der Waals surface area (Å²) in [6.07, 6.45) is 1.47. The van der Waals surface area contributed by atoms with Crippen molar-refractivity contribution in [3.8, 4) is 0 Å². The minimum Gasteiger partial charge on any atom is -0.393 e. The van der Waals surface area contributed by atoms with Gasteiger partial charge in [-0.3, -0.25) is 4.79 Å². The number of amides is 1. The van der Waals surface area contributed by atoms with Gasteiger partial charge in [0.2, 0.25) is 0 Å². The molecular formula is C15H22N2O2. The van der Waals surface area contributed by atoms with E-state index >= 15 is 0 Å². The first-order valence-corrected chi connectivity index (χ1v) is 6.68. The highest BCUT2D eigenvalue weighted by atomic mass is 16.3. The summed E-state index contributed by atoms with van der Waals surface area (Å²) in [7, 11) is 5.78. The van der Waals surface area contributed by atoms with E-state index in [1.54, 1.807) is 4.90 Å². The minimum atomic E-state index is -0.159. The van der Waals surface area contributed by atoms with Gasteiger partial charge in [-0.2, -0.15) is 0 Å². The van der Waals surface area contributed by atoms with Gasteiger partial charge in [0.1, 0.15) is 0 Å². The van der Waals surface area contributed by atoms with E-state index in [-0.39, 0.29) is 12.0 Å². The number of aliphatic hydroxyl groups excluding tert-OH is 1. The van der Waals surface area contributed by atoms with Crippen LogP contribution in [0.4, 0.5) is 5.69 Å². The molecule has 0 heterocycles. The van der Waals surface area contributed by atoms with Crippen LogP contribution in [0.5, 0.6) is 0 Å². The predicted molar refractivity (Wildman–Crippen MR) is 76.5 cm³/mol. The summed E-state index contributed by atoms with van der Waals surface area (Å²) in [5.41, 5.74) is 1.80. The fraction of sp³-hybridized carbons (Fsp3) is 0.533. The van der Waals surface area contributed by atoms with Gasteiger partial charge in [0.25, 0.3) is 5.91 Å². The van der Waals surface area contributed by atoms with E-state index in [1.165, 1.54) is 0 Å². The second-order valence-corrected chi connectivity index (χ2v) is 5.62. The van der Waals surface area contributed by atoms with Crippen LogP contribution < -0.4 is 4.90 Å². The third-order valence-corrected chi connectivity index (χ3v) is 3.72. The van der Waals surface area contributed by atoms with E-state index in [0.717, 1.165) is 25.1 Å². The molecule has 4 heteroatoms. The molecule has 1 fully saturated rings. The van der Waals surface area contributed by atoms with Crippen molar-refractivity contribution in [2.45, 2.75) is 18.9 Å². The summed E-state index contributed by atoms with van der Waals surface area (Å²) in [6.45, 7) is 0.728. The zero-order chi connectivity index (χ0) is 14.0. The number of carbonyl (C=O) groups excluding carboxylic acids is 1. The quantitative estimate of drug-likeness (QED) is 0.896. The maximum atomic E-state index is 12.2. The molecule has 0 aliphatic heterocycles. The Hall–Kier alpha value is -1.55. The monoisotopic (exact) mass is 262 g/mol. The van der Waals surface area contributed by atoms with Crippen molar-refractivity contribution in [1.82, 2.24) is 4.90 Å². The Kier molecular flexibility index (Phi) is 4.10. The first-order valence-electron chi connectivity index (χ1n) is 6.68. The molecule has 1 aromatic carbocycles. The Balaban J connectivity index is 1.94. The number of benzene rings is 1. The number of hydrogen-bond donors (Lipinski definition) is 1. The van der Waals surface area contributed by atoms with Crippen molar-refractivity contribution in [2.24, 2.45) is 5.92 Å². The molecule has 19 heavy (non-hydrogen) atoms. The van der Waals surface area contributed by atoms with Gasteiger partial charge < -0.3 is 14.9 Å². The molecule has 1 aromatic rings. The van der Waals surface area contributed by atoms with Gasteiger partial charge in [-0.15, -0.1) is 0 Å². The van der Waals surface area contributed by atoms with Crippen LogP contribution >= 0.6 is 0 Å². The fourth-order valence-electron chi connectivity index (χ4n) is 2.44. The van der Waals surface area contributed by atoms with Crippen molar-refractivity contribution in [1.29, 1.82) is 0 Å². The molecule has 0 atom stereocenters. The molecule has 0 bridgehead atoms. The normalized spacial score (nSPS) is 21.7. The van der Waals surface area contributed by atoms with Crippen LogP contribution in [0.15, 0.2) is 24.3 Å². The van der Waals surface area contributed by atoms with Gasteiger partial charge in [0.05, 0.1) is 6.10 Å². The number of nitrogens with zero attached hydrogens (tertiary/aromatic N) is 2. The lowest BCUT2D eigenvalue weighted by molar-refractivity contribution is 0.0265. The lowest BCUT2D eigenvalue weighted by Gasteiger charge is -2.34. The maximum absolute atomic E-state index is 12.2. The molecule has 1 aliphatic rings. The Morgan fingerprint density at radius 2 is 1.79 bits per heavy atom. The molecule has 0 saturated heterocycles. The highest BCUT2D eigenvalue weighted by Gasteiger charge is 2.29. The molecule has 1 N–H and O–H groups in total. The number of rotatable bonds is 4. The Morgan fingerprint density at radius 1 is 1.21 bits per heavy atom. The summed E-state index contributed by atoms with van der Waals surface area (Å²) in [6, 6.07) is 7.63. The van der Waals surface area contributed by atoms with Gasteiger partial charge >= 0.3 is 0 Å². The van der Waals surface area contributed by atoms with Gasteiger partial charge in [0, 0.05) is 38.9 Å². The third-order valence-electron chi connectivity index (χ3n) is 3.72. The van der Waals surface area contributed by atoms with E-state index in [0.29, 0.717) is 11.5 Å². The molecule has 0 radical (unpaired) electrons. The van der Waals surface area contributed by atoms with Gasteiger partial charge in [-0.05, 0) is 43.0 Å². The lowest BCUT2D eigenvalue weighted by Crippen LogP contribution is -2.39. The summed E-state index contributed by atoms with van der Waals surface area (Å²) in [5.74, 6) is 0.497. The summed E-state index contributed by atoms with van der Waals surface area (Å²) >= 11 is 0. The standard InChI is InChI=1S/C15H22N2O2/c1-16(2)13-6-4-12(5-7-13)15(19)17(3)10-11-8-14(18)9-11/h4-7,11,14,18H,8-10H2,1-3H3. The van der Waals surface area contributed by atoms with Crippen molar-refractivity contribution < 1.29 is 9.90 Å². The number of aliphatic hydroxyl groups is 1. The second-order valence-electron chi connectivity index (χ2n) is 5.62. The molecule has 1 aliphatic carbocycles. The zero-order valence-electron chi connectivity index (χ0n) is 11.8. The van der Waals surface area contributed by atoms with Gasteiger partial charge in [-0.25, -0.2) is 0 Å². The van der Waals surface area contributed by atoms with E-state index in [4.69, 9.17) is 0 Å². The van der Waals surface area contributed by atoms with Crippen molar-refractivity contribution in [3.05, 3.63) is 29.8 Å². The lowest BCUT2D eigenvalue weighted by atomic mass is 9.82. The molecule has 104 valence electrons. The predicted octanol–water partition coefficient (Wildman–Crippen LogP) is 1.60. The van der Waals surface area contributed by atoms with Gasteiger partial charge in [-0.1, -0.05) is 0 Å². The summed E-state index contributed by atoms with van der Waals surface area (Å²) < 4.78 is 0. The second kappa shape index (κ2) is 5.61. The molecule has 4 nitrogen and oxygen atoms in total. The van der Waals surface area contributed by atoms with Crippen LogP contribution in [0.2, 0.25) is 0 Å². The van der Waals surface area contributed by atoms with Crippen LogP contribution in [-0.4, -0.2) is 49.7 Å². The topological polar surface area (TPSA) is 43.8 Å². The number of carbonyl (C=O) groups is 1. The van der Waals surface area contributed by atoms with Crippen molar-refractivity contribution >= 4 is 11.6 Å². The van der Waals surface area contributed by atoms with Crippen molar-refractivity contribution in [3.63, 3.8) is 0 Å². The minimum absolute atomic E-state index is 0.0479. The Labute approximate surface area is 114 Å². The van der Waals surface area contributed by atoms with Crippen LogP contribution in [-0.2, 0) is 0 Å². The average molecular weight is 262 g/mol. The molecule has 1 amide bonds. The number of hydrogen-bond acceptors (Lipinski definition) is 3. The zero-order valence-corrected chi connectivity index (χ0v) is 11.8. The van der Waals surface area contributed by atoms with E-state index in [2.05, 4.69) is 0 Å². The molecule has 0 spiro atoms. The van der Waals surface area contributed by atoms with Crippen molar-refractivity contribution in [2.75, 3.05) is 32.6 Å². The SMILES string of the molecule is CN(CC1CC(O)C1)C(=O)c1ccc(N(C)C)cc1. The molecular weight excluding hydrogens is 240 g/mol. The van der Waals surface area contributed by atoms with E-state index in [1.807, 2.05) is 50.3 Å².